The van der Waals surface area contributed by atoms with Crippen LogP contribution in [0.25, 0.3) is 0 Å². The third-order valence-electron chi connectivity index (χ3n) is 4.64. The standard InChI is InChI=1S/C20H22N2/c1-5-16-6-8-18(9-7-16)22-11-10-19-15(3)20(21-4)14(2)12-17(19)13-22/h1,6-9,12,21H,10-11,13H2,2-4H3. The number of rotatable bonds is 2. The van der Waals surface area contributed by atoms with Gasteiger partial charge in [0.15, 0.2) is 0 Å². The lowest BCUT2D eigenvalue weighted by Crippen LogP contribution is -2.31. The number of nitrogens with zero attached hydrogens (tertiary/aromatic N) is 1. The lowest BCUT2D eigenvalue weighted by molar-refractivity contribution is 0.727. The van der Waals surface area contributed by atoms with Crippen LogP contribution in [-0.2, 0) is 13.0 Å². The first-order valence-corrected chi connectivity index (χ1v) is 7.75. The summed E-state index contributed by atoms with van der Waals surface area (Å²) in [5.74, 6) is 2.67. The Labute approximate surface area is 133 Å². The second-order valence-corrected chi connectivity index (χ2v) is 5.94. The number of hydrogen-bond acceptors (Lipinski definition) is 2. The topological polar surface area (TPSA) is 15.3 Å². The smallest absolute Gasteiger partial charge is 0.0432 e. The van der Waals surface area contributed by atoms with Crippen LogP contribution in [0.3, 0.4) is 0 Å². The van der Waals surface area contributed by atoms with Crippen molar-refractivity contribution in [2.24, 2.45) is 0 Å². The average molecular weight is 290 g/mol. The molecule has 0 saturated carbocycles. The zero-order valence-corrected chi connectivity index (χ0v) is 13.5. The van der Waals surface area contributed by atoms with E-state index in [0.717, 1.165) is 25.1 Å². The van der Waals surface area contributed by atoms with Gasteiger partial charge in [-0.15, -0.1) is 6.42 Å². The van der Waals surface area contributed by atoms with Crippen molar-refractivity contribution in [2.45, 2.75) is 26.8 Å². The van der Waals surface area contributed by atoms with Crippen LogP contribution in [0.2, 0.25) is 0 Å². The van der Waals surface area contributed by atoms with Crippen molar-refractivity contribution in [3.8, 4) is 12.3 Å². The van der Waals surface area contributed by atoms with Crippen LogP contribution in [0.4, 0.5) is 11.4 Å². The first-order valence-electron chi connectivity index (χ1n) is 7.75. The maximum atomic E-state index is 5.43. The van der Waals surface area contributed by atoms with Crippen LogP contribution in [0.1, 0.15) is 27.8 Å². The molecule has 2 heteroatoms. The molecule has 0 aliphatic carbocycles. The van der Waals surface area contributed by atoms with E-state index in [4.69, 9.17) is 6.42 Å². The van der Waals surface area contributed by atoms with E-state index in [1.165, 1.54) is 33.6 Å². The van der Waals surface area contributed by atoms with E-state index in [2.05, 4.69) is 48.2 Å². The van der Waals surface area contributed by atoms with Gasteiger partial charge in [-0.2, -0.15) is 0 Å². The largest absolute Gasteiger partial charge is 0.388 e. The van der Waals surface area contributed by atoms with Gasteiger partial charge in [0, 0.05) is 37.1 Å². The van der Waals surface area contributed by atoms with E-state index in [-0.39, 0.29) is 0 Å². The highest BCUT2D eigenvalue weighted by atomic mass is 15.1. The van der Waals surface area contributed by atoms with Gasteiger partial charge in [-0.25, -0.2) is 0 Å². The summed E-state index contributed by atoms with van der Waals surface area (Å²) in [6, 6.07) is 10.6. The summed E-state index contributed by atoms with van der Waals surface area (Å²) in [7, 11) is 2.00. The lowest BCUT2D eigenvalue weighted by Gasteiger charge is -2.33. The number of fused-ring (bicyclic) bond motifs is 1. The molecule has 1 aliphatic rings. The molecule has 0 atom stereocenters. The Morgan fingerprint density at radius 2 is 1.91 bits per heavy atom. The van der Waals surface area contributed by atoms with E-state index < -0.39 is 0 Å². The summed E-state index contributed by atoms with van der Waals surface area (Å²) >= 11 is 0. The Hall–Kier alpha value is -2.40. The molecular weight excluding hydrogens is 268 g/mol. The molecule has 2 aromatic carbocycles. The SMILES string of the molecule is C#Cc1ccc(N2CCc3c(cc(C)c(NC)c3C)C2)cc1. The van der Waals surface area contributed by atoms with Gasteiger partial charge in [0.2, 0.25) is 0 Å². The highest BCUT2D eigenvalue weighted by Crippen LogP contribution is 2.32. The zero-order valence-electron chi connectivity index (χ0n) is 13.5. The van der Waals surface area contributed by atoms with E-state index in [1.54, 1.807) is 0 Å². The van der Waals surface area contributed by atoms with Crippen LogP contribution in [0.15, 0.2) is 30.3 Å². The maximum Gasteiger partial charge on any atom is 0.0432 e. The average Bonchev–Trinajstić information content (AvgIpc) is 2.55. The van der Waals surface area contributed by atoms with Crippen molar-refractivity contribution in [3.63, 3.8) is 0 Å². The van der Waals surface area contributed by atoms with Crippen LogP contribution >= 0.6 is 0 Å². The Balaban J connectivity index is 1.92. The number of hydrogen-bond donors (Lipinski definition) is 1. The van der Waals surface area contributed by atoms with E-state index in [0.29, 0.717) is 0 Å². The number of benzene rings is 2. The quantitative estimate of drug-likeness (QED) is 0.844. The maximum absolute atomic E-state index is 5.43. The first-order chi connectivity index (χ1) is 10.6. The molecule has 1 N–H and O–H groups in total. The van der Waals surface area contributed by atoms with Gasteiger partial charge < -0.3 is 10.2 Å². The number of nitrogens with one attached hydrogen (secondary N) is 1. The van der Waals surface area contributed by atoms with Gasteiger partial charge >= 0.3 is 0 Å². The van der Waals surface area contributed by atoms with Crippen molar-refractivity contribution in [1.82, 2.24) is 0 Å². The van der Waals surface area contributed by atoms with Gasteiger partial charge in [-0.05, 0) is 66.8 Å². The molecule has 0 fully saturated rings. The van der Waals surface area contributed by atoms with Crippen molar-refractivity contribution < 1.29 is 0 Å². The highest BCUT2D eigenvalue weighted by Gasteiger charge is 2.20. The summed E-state index contributed by atoms with van der Waals surface area (Å²) in [4.78, 5) is 2.43. The Morgan fingerprint density at radius 1 is 1.18 bits per heavy atom. The van der Waals surface area contributed by atoms with Crippen LogP contribution in [0.5, 0.6) is 0 Å². The summed E-state index contributed by atoms with van der Waals surface area (Å²) < 4.78 is 0. The fraction of sp³-hybridized carbons (Fsp3) is 0.300. The molecule has 0 unspecified atom stereocenters. The summed E-state index contributed by atoms with van der Waals surface area (Å²) in [6.45, 7) is 6.43. The zero-order chi connectivity index (χ0) is 15.7. The molecule has 3 rings (SSSR count). The monoisotopic (exact) mass is 290 g/mol. The Bertz CT molecular complexity index is 736. The van der Waals surface area contributed by atoms with Crippen LogP contribution in [0, 0.1) is 26.2 Å². The lowest BCUT2D eigenvalue weighted by atomic mass is 9.91. The second-order valence-electron chi connectivity index (χ2n) is 5.94. The van der Waals surface area contributed by atoms with E-state index in [9.17, 15) is 0 Å². The fourth-order valence-electron chi connectivity index (χ4n) is 3.50. The highest BCUT2D eigenvalue weighted by molar-refractivity contribution is 5.63. The van der Waals surface area contributed by atoms with Crippen molar-refractivity contribution in [1.29, 1.82) is 0 Å². The predicted octanol–water partition coefficient (Wildman–Crippen LogP) is 3.89. The molecule has 0 radical (unpaired) electrons. The molecule has 2 aromatic rings. The minimum absolute atomic E-state index is 0.937. The molecule has 0 bridgehead atoms. The molecule has 0 aromatic heterocycles. The minimum atomic E-state index is 0.937. The van der Waals surface area contributed by atoms with Gasteiger partial charge in [0.1, 0.15) is 0 Å². The third kappa shape index (κ3) is 2.44. The fourth-order valence-corrected chi connectivity index (χ4v) is 3.50. The predicted molar refractivity (Wildman–Crippen MR) is 94.6 cm³/mol. The van der Waals surface area contributed by atoms with Gasteiger partial charge in [-0.3, -0.25) is 0 Å². The summed E-state index contributed by atoms with van der Waals surface area (Å²) in [5, 5.41) is 3.34. The van der Waals surface area contributed by atoms with E-state index in [1.807, 2.05) is 19.2 Å². The normalized spacial score (nSPS) is 13.5. The molecule has 0 amide bonds. The second kappa shape index (κ2) is 5.77. The number of aryl methyl sites for hydroxylation is 1. The molecule has 2 nitrogen and oxygen atoms in total. The third-order valence-corrected chi connectivity index (χ3v) is 4.64. The number of terminal acetylenes is 1. The minimum Gasteiger partial charge on any atom is -0.388 e. The van der Waals surface area contributed by atoms with Crippen LogP contribution < -0.4 is 10.2 Å². The van der Waals surface area contributed by atoms with Crippen molar-refractivity contribution in [3.05, 3.63) is 58.1 Å². The molecule has 1 heterocycles. The Morgan fingerprint density at radius 3 is 2.55 bits per heavy atom. The molecule has 1 aliphatic heterocycles. The van der Waals surface area contributed by atoms with Crippen molar-refractivity contribution >= 4 is 11.4 Å². The first kappa shape index (κ1) is 14.5. The van der Waals surface area contributed by atoms with Gasteiger partial charge in [0.25, 0.3) is 0 Å². The Kier molecular flexibility index (Phi) is 3.81. The molecule has 112 valence electrons. The molecular formula is C20H22N2. The van der Waals surface area contributed by atoms with Gasteiger partial charge in [-0.1, -0.05) is 12.0 Å². The summed E-state index contributed by atoms with van der Waals surface area (Å²) in [5.41, 5.74) is 9.14. The van der Waals surface area contributed by atoms with E-state index >= 15 is 0 Å². The molecule has 0 spiro atoms. The number of anilines is 2. The summed E-state index contributed by atoms with van der Waals surface area (Å²) in [6.07, 6.45) is 6.52. The molecule has 0 saturated heterocycles. The molecule has 22 heavy (non-hydrogen) atoms. The van der Waals surface area contributed by atoms with Crippen LogP contribution in [-0.4, -0.2) is 13.6 Å². The van der Waals surface area contributed by atoms with Gasteiger partial charge in [0.05, 0.1) is 0 Å². The van der Waals surface area contributed by atoms with Crippen molar-refractivity contribution in [2.75, 3.05) is 23.8 Å².